The second kappa shape index (κ2) is 10.00. The van der Waals surface area contributed by atoms with Crippen LogP contribution >= 0.6 is 11.6 Å². The number of nitrogens with zero attached hydrogens (tertiary/aromatic N) is 1. The molecule has 0 aromatic heterocycles. The van der Waals surface area contributed by atoms with E-state index in [4.69, 9.17) is 21.1 Å². The molecule has 1 N–H and O–H groups in total. The Morgan fingerprint density at radius 1 is 1.20 bits per heavy atom. The second-order valence-corrected chi connectivity index (χ2v) is 5.13. The fraction of sp³-hybridized carbons (Fsp3) is 0.600. The highest BCUT2D eigenvalue weighted by atomic mass is 35.5. The maximum atomic E-state index is 6.35. The maximum Gasteiger partial charge on any atom is 0.0642 e. The van der Waals surface area contributed by atoms with Gasteiger partial charge in [-0.05, 0) is 24.1 Å². The van der Waals surface area contributed by atoms with Gasteiger partial charge < -0.3 is 19.7 Å². The summed E-state index contributed by atoms with van der Waals surface area (Å²) in [5.74, 6) is 0. The Bertz CT molecular complexity index is 388. The van der Waals surface area contributed by atoms with E-state index >= 15 is 0 Å². The average molecular weight is 301 g/mol. The summed E-state index contributed by atoms with van der Waals surface area (Å²) in [5.41, 5.74) is 2.24. The van der Waals surface area contributed by atoms with Crippen molar-refractivity contribution >= 4 is 17.3 Å². The van der Waals surface area contributed by atoms with Crippen molar-refractivity contribution in [3.8, 4) is 0 Å². The van der Waals surface area contributed by atoms with Gasteiger partial charge in [-0.15, -0.1) is 0 Å². The molecule has 1 rings (SSSR count). The predicted octanol–water partition coefficient (Wildman–Crippen LogP) is 2.55. The number of ether oxygens (including phenoxy) is 2. The molecule has 0 unspecified atom stereocenters. The van der Waals surface area contributed by atoms with Crippen molar-refractivity contribution in [2.75, 3.05) is 52.5 Å². The van der Waals surface area contributed by atoms with E-state index in [2.05, 4.69) is 22.3 Å². The van der Waals surface area contributed by atoms with Crippen LogP contribution in [-0.4, -0.2) is 47.6 Å². The Labute approximate surface area is 127 Å². The normalized spacial score (nSPS) is 10.8. The van der Waals surface area contributed by atoms with Crippen molar-refractivity contribution in [1.82, 2.24) is 5.32 Å². The molecular weight excluding hydrogens is 276 g/mol. The molecule has 0 amide bonds. The highest BCUT2D eigenvalue weighted by molar-refractivity contribution is 6.33. The van der Waals surface area contributed by atoms with Crippen LogP contribution in [0.2, 0.25) is 5.02 Å². The van der Waals surface area contributed by atoms with Gasteiger partial charge in [0.25, 0.3) is 0 Å². The number of halogens is 1. The summed E-state index contributed by atoms with van der Waals surface area (Å²) >= 11 is 6.35. The Morgan fingerprint density at radius 2 is 1.95 bits per heavy atom. The van der Waals surface area contributed by atoms with Gasteiger partial charge in [-0.1, -0.05) is 17.7 Å². The van der Waals surface area contributed by atoms with E-state index in [1.165, 1.54) is 5.56 Å². The van der Waals surface area contributed by atoms with Crippen molar-refractivity contribution in [2.45, 2.75) is 13.0 Å². The minimum atomic E-state index is 0.716. The highest BCUT2D eigenvalue weighted by Gasteiger charge is 2.06. The van der Waals surface area contributed by atoms with E-state index in [-0.39, 0.29) is 0 Å². The van der Waals surface area contributed by atoms with Crippen LogP contribution in [-0.2, 0) is 16.0 Å². The zero-order valence-corrected chi connectivity index (χ0v) is 13.4. The van der Waals surface area contributed by atoms with E-state index < -0.39 is 0 Å². The van der Waals surface area contributed by atoms with E-state index in [1.54, 1.807) is 14.2 Å². The van der Waals surface area contributed by atoms with E-state index in [1.807, 2.05) is 13.1 Å². The van der Waals surface area contributed by atoms with Crippen LogP contribution in [0.3, 0.4) is 0 Å². The third kappa shape index (κ3) is 6.09. The summed E-state index contributed by atoms with van der Waals surface area (Å²) in [6.45, 7) is 4.06. The van der Waals surface area contributed by atoms with Crippen molar-refractivity contribution in [1.29, 1.82) is 0 Å². The van der Waals surface area contributed by atoms with Crippen LogP contribution in [0.1, 0.15) is 12.0 Å². The number of nitrogens with one attached hydrogen (secondary N) is 1. The third-order valence-electron chi connectivity index (χ3n) is 3.08. The van der Waals surface area contributed by atoms with E-state index in [9.17, 15) is 0 Å². The first-order chi connectivity index (χ1) is 9.69. The number of hydrogen-bond donors (Lipinski definition) is 1. The average Bonchev–Trinajstić information content (AvgIpc) is 2.44. The smallest absolute Gasteiger partial charge is 0.0642 e. The number of anilines is 1. The first kappa shape index (κ1) is 17.2. The lowest BCUT2D eigenvalue weighted by Gasteiger charge is -2.21. The van der Waals surface area contributed by atoms with Gasteiger partial charge >= 0.3 is 0 Å². The molecule has 0 aliphatic rings. The number of rotatable bonds is 10. The summed E-state index contributed by atoms with van der Waals surface area (Å²) < 4.78 is 10.1. The summed E-state index contributed by atoms with van der Waals surface area (Å²) in [5, 5.41) is 4.09. The monoisotopic (exact) mass is 300 g/mol. The van der Waals surface area contributed by atoms with Crippen LogP contribution in [0.15, 0.2) is 18.2 Å². The molecule has 1 aromatic carbocycles. The van der Waals surface area contributed by atoms with Gasteiger partial charge in [0.15, 0.2) is 0 Å². The van der Waals surface area contributed by atoms with E-state index in [0.717, 1.165) is 43.4 Å². The van der Waals surface area contributed by atoms with Crippen molar-refractivity contribution in [2.24, 2.45) is 0 Å². The minimum absolute atomic E-state index is 0.716. The van der Waals surface area contributed by atoms with Crippen LogP contribution < -0.4 is 10.2 Å². The molecule has 0 bridgehead atoms. The van der Waals surface area contributed by atoms with Gasteiger partial charge in [-0.3, -0.25) is 0 Å². The largest absolute Gasteiger partial charge is 0.385 e. The minimum Gasteiger partial charge on any atom is -0.385 e. The quantitative estimate of drug-likeness (QED) is 0.673. The van der Waals surface area contributed by atoms with Crippen LogP contribution in [0.4, 0.5) is 5.69 Å². The topological polar surface area (TPSA) is 33.7 Å². The molecule has 0 aliphatic carbocycles. The Kier molecular flexibility index (Phi) is 8.62. The van der Waals surface area contributed by atoms with Crippen molar-refractivity contribution in [3.05, 3.63) is 28.8 Å². The van der Waals surface area contributed by atoms with Crippen LogP contribution in [0, 0.1) is 0 Å². The van der Waals surface area contributed by atoms with Crippen LogP contribution in [0.5, 0.6) is 0 Å². The predicted molar refractivity (Wildman–Crippen MR) is 84.8 cm³/mol. The van der Waals surface area contributed by atoms with Crippen molar-refractivity contribution in [3.63, 3.8) is 0 Å². The summed E-state index contributed by atoms with van der Waals surface area (Å²) in [6, 6.07) is 6.19. The number of benzene rings is 1. The summed E-state index contributed by atoms with van der Waals surface area (Å²) in [6.07, 6.45) is 0.990. The molecule has 0 radical (unpaired) electrons. The number of hydrogen-bond acceptors (Lipinski definition) is 4. The molecule has 114 valence electrons. The molecular formula is C15H25ClN2O2. The molecule has 0 saturated heterocycles. The molecule has 1 aromatic rings. The molecule has 5 heteroatoms. The Morgan fingerprint density at radius 3 is 2.60 bits per heavy atom. The zero-order chi connectivity index (χ0) is 14.8. The lowest BCUT2D eigenvalue weighted by atomic mass is 10.2. The molecule has 0 aliphatic heterocycles. The summed E-state index contributed by atoms with van der Waals surface area (Å²) in [4.78, 5) is 2.16. The van der Waals surface area contributed by atoms with Crippen molar-refractivity contribution < 1.29 is 9.47 Å². The van der Waals surface area contributed by atoms with Gasteiger partial charge in [0.05, 0.1) is 17.3 Å². The molecule has 0 fully saturated rings. The Balaban J connectivity index is 2.49. The van der Waals surface area contributed by atoms with Gasteiger partial charge in [-0.25, -0.2) is 0 Å². The third-order valence-corrected chi connectivity index (χ3v) is 3.38. The molecule has 0 saturated carbocycles. The SMILES string of the molecule is COCCCN(C)c1ccc(CNCCOC)cc1Cl. The van der Waals surface area contributed by atoms with Gasteiger partial charge in [0.1, 0.15) is 0 Å². The lowest BCUT2D eigenvalue weighted by molar-refractivity contribution is 0.196. The molecule has 0 spiro atoms. The number of methoxy groups -OCH3 is 2. The van der Waals surface area contributed by atoms with E-state index in [0.29, 0.717) is 6.61 Å². The van der Waals surface area contributed by atoms with Gasteiger partial charge in [-0.2, -0.15) is 0 Å². The molecule has 0 heterocycles. The van der Waals surface area contributed by atoms with Crippen LogP contribution in [0.25, 0.3) is 0 Å². The first-order valence-electron chi connectivity index (χ1n) is 6.87. The Hall–Kier alpha value is -0.810. The molecule has 0 atom stereocenters. The molecule has 20 heavy (non-hydrogen) atoms. The second-order valence-electron chi connectivity index (χ2n) is 4.72. The van der Waals surface area contributed by atoms with Gasteiger partial charge in [0.2, 0.25) is 0 Å². The zero-order valence-electron chi connectivity index (χ0n) is 12.6. The van der Waals surface area contributed by atoms with Gasteiger partial charge in [0, 0.05) is 47.5 Å². The summed E-state index contributed by atoms with van der Waals surface area (Å²) in [7, 11) is 5.47. The first-order valence-corrected chi connectivity index (χ1v) is 7.25. The lowest BCUT2D eigenvalue weighted by Crippen LogP contribution is -2.21. The fourth-order valence-corrected chi connectivity index (χ4v) is 2.29. The standard InChI is InChI=1S/C15H25ClN2O2/c1-18(8-4-9-19-2)15-6-5-13(11-14(15)16)12-17-7-10-20-3/h5-6,11,17H,4,7-10,12H2,1-3H3. The maximum absolute atomic E-state index is 6.35. The fourth-order valence-electron chi connectivity index (χ4n) is 1.94. The molecule has 4 nitrogen and oxygen atoms in total. The highest BCUT2D eigenvalue weighted by Crippen LogP contribution is 2.26.